The molecule has 0 aromatic heterocycles. The van der Waals surface area contributed by atoms with Gasteiger partial charge >= 0.3 is 0 Å². The Morgan fingerprint density at radius 1 is 1.04 bits per heavy atom. The van der Waals surface area contributed by atoms with Crippen molar-refractivity contribution in [2.75, 3.05) is 6.54 Å². The minimum atomic E-state index is -0.00578. The molecule has 132 valence electrons. The molecule has 1 saturated carbocycles. The summed E-state index contributed by atoms with van der Waals surface area (Å²) < 4.78 is 5.79. The van der Waals surface area contributed by atoms with E-state index < -0.39 is 0 Å². The molecule has 2 unspecified atom stereocenters. The van der Waals surface area contributed by atoms with Crippen molar-refractivity contribution >= 4 is 5.91 Å². The molecule has 2 aromatic rings. The summed E-state index contributed by atoms with van der Waals surface area (Å²) in [6.07, 6.45) is 3.75. The van der Waals surface area contributed by atoms with Crippen LogP contribution in [0.5, 0.6) is 5.75 Å². The second-order valence-corrected chi connectivity index (χ2v) is 6.66. The van der Waals surface area contributed by atoms with E-state index in [9.17, 15) is 4.79 Å². The zero-order valence-corrected chi connectivity index (χ0v) is 14.5. The number of carbonyl (C=O) groups is 1. The highest BCUT2D eigenvalue weighted by atomic mass is 16.5. The lowest BCUT2D eigenvalue weighted by molar-refractivity contribution is -0.125. The van der Waals surface area contributed by atoms with Crippen molar-refractivity contribution < 1.29 is 9.53 Å². The maximum Gasteiger partial charge on any atom is 0.224 e. The first-order valence-electron chi connectivity index (χ1n) is 9.01. The molecule has 0 spiro atoms. The van der Waals surface area contributed by atoms with E-state index >= 15 is 0 Å². The minimum absolute atomic E-state index is 0.00578. The molecule has 0 bridgehead atoms. The van der Waals surface area contributed by atoms with E-state index in [0.717, 1.165) is 37.0 Å². The van der Waals surface area contributed by atoms with Crippen LogP contribution in [0, 0.1) is 5.92 Å². The molecule has 1 aliphatic carbocycles. The summed E-state index contributed by atoms with van der Waals surface area (Å²) in [6, 6.07) is 18.2. The molecule has 3 N–H and O–H groups in total. The first-order chi connectivity index (χ1) is 12.2. The van der Waals surface area contributed by atoms with E-state index in [2.05, 4.69) is 5.32 Å². The molecule has 4 nitrogen and oxygen atoms in total. The van der Waals surface area contributed by atoms with Crippen LogP contribution in [-0.4, -0.2) is 18.5 Å². The lowest BCUT2D eigenvalue weighted by atomic mass is 10.0. The number of rotatable bonds is 7. The smallest absolute Gasteiger partial charge is 0.224 e. The molecule has 2 atom stereocenters. The van der Waals surface area contributed by atoms with Gasteiger partial charge in [0, 0.05) is 12.6 Å². The molecule has 4 heteroatoms. The van der Waals surface area contributed by atoms with Gasteiger partial charge in [-0.05, 0) is 42.5 Å². The van der Waals surface area contributed by atoms with Gasteiger partial charge in [-0.1, -0.05) is 48.9 Å². The molecule has 0 saturated heterocycles. The van der Waals surface area contributed by atoms with E-state index in [-0.39, 0.29) is 17.9 Å². The average Bonchev–Trinajstić information content (AvgIpc) is 3.08. The lowest BCUT2D eigenvalue weighted by Gasteiger charge is -2.15. The van der Waals surface area contributed by atoms with E-state index in [1.165, 1.54) is 5.56 Å². The molecule has 25 heavy (non-hydrogen) atoms. The Morgan fingerprint density at radius 3 is 2.48 bits per heavy atom. The van der Waals surface area contributed by atoms with Gasteiger partial charge in [-0.25, -0.2) is 0 Å². The molecule has 2 aromatic carbocycles. The zero-order chi connectivity index (χ0) is 17.5. The van der Waals surface area contributed by atoms with Crippen molar-refractivity contribution in [1.29, 1.82) is 0 Å². The standard InChI is InChI=1S/C21H26N2O2/c22-20-8-4-7-19(20)21(24)23-14-13-16-9-11-18(12-10-16)25-15-17-5-2-1-3-6-17/h1-3,5-6,9-12,19-20H,4,7-8,13-15,22H2,(H,23,24). The van der Waals surface area contributed by atoms with Gasteiger partial charge in [0.05, 0.1) is 5.92 Å². The predicted molar refractivity (Wildman–Crippen MR) is 99.2 cm³/mol. The predicted octanol–water partition coefficient (Wildman–Crippen LogP) is 3.05. The second kappa shape index (κ2) is 8.67. The maximum atomic E-state index is 12.1. The van der Waals surface area contributed by atoms with Crippen LogP contribution in [0.15, 0.2) is 54.6 Å². The Morgan fingerprint density at radius 2 is 1.80 bits per heavy atom. The van der Waals surface area contributed by atoms with Crippen molar-refractivity contribution in [3.63, 3.8) is 0 Å². The first-order valence-corrected chi connectivity index (χ1v) is 9.01. The molecule has 0 heterocycles. The second-order valence-electron chi connectivity index (χ2n) is 6.66. The van der Waals surface area contributed by atoms with Crippen LogP contribution in [0.3, 0.4) is 0 Å². The summed E-state index contributed by atoms with van der Waals surface area (Å²) in [7, 11) is 0. The van der Waals surface area contributed by atoms with Crippen molar-refractivity contribution in [2.24, 2.45) is 11.7 Å². The number of amides is 1. The maximum absolute atomic E-state index is 12.1. The van der Waals surface area contributed by atoms with E-state index in [1.54, 1.807) is 0 Å². The Labute approximate surface area is 149 Å². The average molecular weight is 338 g/mol. The highest BCUT2D eigenvalue weighted by Crippen LogP contribution is 2.23. The highest BCUT2D eigenvalue weighted by Gasteiger charge is 2.29. The number of hydrogen-bond donors (Lipinski definition) is 2. The Bertz CT molecular complexity index is 670. The van der Waals surface area contributed by atoms with Crippen molar-refractivity contribution in [1.82, 2.24) is 5.32 Å². The van der Waals surface area contributed by atoms with Crippen molar-refractivity contribution in [3.8, 4) is 5.75 Å². The summed E-state index contributed by atoms with van der Waals surface area (Å²) in [5.74, 6) is 0.954. The fourth-order valence-electron chi connectivity index (χ4n) is 3.27. The van der Waals surface area contributed by atoms with Crippen LogP contribution in [0.25, 0.3) is 0 Å². The van der Waals surface area contributed by atoms with Gasteiger partial charge in [0.2, 0.25) is 5.91 Å². The molecule has 1 aliphatic rings. The Kier molecular flexibility index (Phi) is 6.07. The molecule has 3 rings (SSSR count). The highest BCUT2D eigenvalue weighted by molar-refractivity contribution is 5.79. The minimum Gasteiger partial charge on any atom is -0.489 e. The van der Waals surface area contributed by atoms with Gasteiger partial charge in [-0.2, -0.15) is 0 Å². The number of benzene rings is 2. The monoisotopic (exact) mass is 338 g/mol. The molecule has 1 amide bonds. The van der Waals surface area contributed by atoms with Gasteiger partial charge in [0.25, 0.3) is 0 Å². The van der Waals surface area contributed by atoms with Gasteiger partial charge in [0.15, 0.2) is 0 Å². The SMILES string of the molecule is NC1CCCC1C(=O)NCCc1ccc(OCc2ccccc2)cc1. The third kappa shape index (κ3) is 5.07. The fourth-order valence-corrected chi connectivity index (χ4v) is 3.27. The van der Waals surface area contributed by atoms with Crippen LogP contribution < -0.4 is 15.8 Å². The number of nitrogens with two attached hydrogens (primary N) is 1. The number of ether oxygens (including phenoxy) is 1. The van der Waals surface area contributed by atoms with Gasteiger partial charge < -0.3 is 15.8 Å². The lowest BCUT2D eigenvalue weighted by Crippen LogP contribution is -2.39. The Balaban J connectivity index is 1.41. The quantitative estimate of drug-likeness (QED) is 0.815. The normalized spacial score (nSPS) is 19.6. The molecule has 0 aliphatic heterocycles. The number of carbonyl (C=O) groups excluding carboxylic acids is 1. The number of nitrogens with one attached hydrogen (secondary N) is 1. The van der Waals surface area contributed by atoms with Crippen LogP contribution in [0.1, 0.15) is 30.4 Å². The van der Waals surface area contributed by atoms with E-state index in [0.29, 0.717) is 13.2 Å². The molecule has 1 fully saturated rings. The first kappa shape index (κ1) is 17.5. The summed E-state index contributed by atoms with van der Waals surface area (Å²) in [5.41, 5.74) is 8.31. The van der Waals surface area contributed by atoms with Gasteiger partial charge in [-0.15, -0.1) is 0 Å². The van der Waals surface area contributed by atoms with Crippen LogP contribution in [0.4, 0.5) is 0 Å². The van der Waals surface area contributed by atoms with E-state index in [4.69, 9.17) is 10.5 Å². The summed E-state index contributed by atoms with van der Waals surface area (Å²) in [4.78, 5) is 12.1. The summed E-state index contributed by atoms with van der Waals surface area (Å²) in [5, 5.41) is 3.01. The van der Waals surface area contributed by atoms with Crippen molar-refractivity contribution in [2.45, 2.75) is 38.3 Å². The molecular weight excluding hydrogens is 312 g/mol. The summed E-state index contributed by atoms with van der Waals surface area (Å²) >= 11 is 0. The fraction of sp³-hybridized carbons (Fsp3) is 0.381. The Hall–Kier alpha value is -2.33. The van der Waals surface area contributed by atoms with E-state index in [1.807, 2.05) is 54.6 Å². The van der Waals surface area contributed by atoms with Crippen LogP contribution in [0.2, 0.25) is 0 Å². The topological polar surface area (TPSA) is 64.4 Å². The number of hydrogen-bond acceptors (Lipinski definition) is 3. The third-order valence-electron chi connectivity index (χ3n) is 4.79. The van der Waals surface area contributed by atoms with Gasteiger partial charge in [0.1, 0.15) is 12.4 Å². The van der Waals surface area contributed by atoms with Crippen molar-refractivity contribution in [3.05, 3.63) is 65.7 Å². The molecular formula is C21H26N2O2. The zero-order valence-electron chi connectivity index (χ0n) is 14.5. The molecule has 0 radical (unpaired) electrons. The summed E-state index contributed by atoms with van der Waals surface area (Å²) in [6.45, 7) is 1.21. The van der Waals surface area contributed by atoms with Gasteiger partial charge in [-0.3, -0.25) is 4.79 Å². The largest absolute Gasteiger partial charge is 0.489 e. The third-order valence-corrected chi connectivity index (χ3v) is 4.79. The van der Waals surface area contributed by atoms with Crippen LogP contribution >= 0.6 is 0 Å². The van der Waals surface area contributed by atoms with Crippen LogP contribution in [-0.2, 0) is 17.8 Å².